The van der Waals surface area contributed by atoms with Gasteiger partial charge >= 0.3 is 5.97 Å². The number of aliphatic hydroxyl groups excluding tert-OH is 1. The van der Waals surface area contributed by atoms with Gasteiger partial charge in [-0.1, -0.05) is 0 Å². The molecule has 2 heterocycles. The minimum Gasteiger partial charge on any atom is -0.493 e. The van der Waals surface area contributed by atoms with Crippen molar-refractivity contribution in [3.63, 3.8) is 0 Å². The second kappa shape index (κ2) is 12.1. The van der Waals surface area contributed by atoms with Crippen molar-refractivity contribution in [2.24, 2.45) is 5.10 Å². The van der Waals surface area contributed by atoms with E-state index in [9.17, 15) is 14.7 Å². The number of nitrogens with one attached hydrogen (secondary N) is 1. The number of hydrogen-bond acceptors (Lipinski definition) is 10. The number of anilines is 1. The van der Waals surface area contributed by atoms with E-state index in [4.69, 9.17) is 19.9 Å². The van der Waals surface area contributed by atoms with E-state index in [-0.39, 0.29) is 11.3 Å². The standard InChI is InChI=1S/C25H25N5O6/c1-15-24(36-23(32)5-4-17-10-21(34-2)22(35-3)11-20(17)26)19(18(14-31)12-28-15)13-29-30-25(33)16-6-8-27-9-7-16/h4-13,31H,14,26H2,1-3H3,(H,30,33)/b5-4+,29-13+. The number of nitrogens with zero attached hydrogens (tertiary/aromatic N) is 3. The molecule has 11 heteroatoms. The average molecular weight is 492 g/mol. The Labute approximate surface area is 207 Å². The van der Waals surface area contributed by atoms with Crippen LogP contribution >= 0.6 is 0 Å². The van der Waals surface area contributed by atoms with Gasteiger partial charge in [0.1, 0.15) is 0 Å². The monoisotopic (exact) mass is 491 g/mol. The van der Waals surface area contributed by atoms with Crippen LogP contribution in [0.15, 0.2) is 54.0 Å². The highest BCUT2D eigenvalue weighted by atomic mass is 16.5. The third-order valence-corrected chi connectivity index (χ3v) is 5.00. The first-order valence-corrected chi connectivity index (χ1v) is 10.6. The van der Waals surface area contributed by atoms with Gasteiger partial charge in [0.2, 0.25) is 0 Å². The summed E-state index contributed by atoms with van der Waals surface area (Å²) in [5.41, 5.74) is 10.7. The van der Waals surface area contributed by atoms with E-state index in [1.54, 1.807) is 19.1 Å². The molecule has 3 rings (SSSR count). The normalized spacial score (nSPS) is 11.0. The highest BCUT2D eigenvalue weighted by molar-refractivity contribution is 5.96. The molecule has 0 aliphatic rings. The predicted molar refractivity (Wildman–Crippen MR) is 133 cm³/mol. The van der Waals surface area contributed by atoms with E-state index >= 15 is 0 Å². The first-order chi connectivity index (χ1) is 17.4. The smallest absolute Gasteiger partial charge is 0.336 e. The molecule has 3 aromatic rings. The van der Waals surface area contributed by atoms with Crippen LogP contribution in [0.2, 0.25) is 0 Å². The molecule has 0 saturated carbocycles. The summed E-state index contributed by atoms with van der Waals surface area (Å²) in [6, 6.07) is 6.27. The molecular weight excluding hydrogens is 466 g/mol. The van der Waals surface area contributed by atoms with Crippen LogP contribution in [0.1, 0.15) is 32.7 Å². The summed E-state index contributed by atoms with van der Waals surface area (Å²) in [5, 5.41) is 13.7. The fraction of sp³-hybridized carbons (Fsp3) is 0.160. The number of aliphatic hydroxyl groups is 1. The molecule has 0 aliphatic heterocycles. The maximum atomic E-state index is 12.6. The summed E-state index contributed by atoms with van der Waals surface area (Å²) in [6.45, 7) is 1.24. The molecule has 36 heavy (non-hydrogen) atoms. The number of benzene rings is 1. The molecule has 0 unspecified atom stereocenters. The first-order valence-electron chi connectivity index (χ1n) is 10.6. The van der Waals surface area contributed by atoms with Gasteiger partial charge in [0.05, 0.1) is 32.7 Å². The van der Waals surface area contributed by atoms with Crippen LogP contribution in [0.5, 0.6) is 17.2 Å². The molecular formula is C25H25N5O6. The van der Waals surface area contributed by atoms with Crippen molar-refractivity contribution in [2.75, 3.05) is 20.0 Å². The second-order valence-corrected chi connectivity index (χ2v) is 7.30. The summed E-state index contributed by atoms with van der Waals surface area (Å²) in [4.78, 5) is 32.9. The molecule has 1 aromatic carbocycles. The Hall–Kier alpha value is -4.77. The van der Waals surface area contributed by atoms with Crippen LogP contribution in [0, 0.1) is 6.92 Å². The Bertz CT molecular complexity index is 1310. The van der Waals surface area contributed by atoms with Crippen molar-refractivity contribution in [3.8, 4) is 17.2 Å². The van der Waals surface area contributed by atoms with E-state index in [1.165, 1.54) is 63.3 Å². The first kappa shape index (κ1) is 25.8. The Balaban J connectivity index is 1.82. The van der Waals surface area contributed by atoms with Crippen LogP contribution in [-0.4, -0.2) is 47.4 Å². The number of carbonyl (C=O) groups excluding carboxylic acids is 2. The molecule has 0 bridgehead atoms. The number of carbonyl (C=O) groups is 2. The molecule has 0 spiro atoms. The number of hydrogen-bond donors (Lipinski definition) is 3. The third kappa shape index (κ3) is 6.21. The van der Waals surface area contributed by atoms with Crippen molar-refractivity contribution in [2.45, 2.75) is 13.5 Å². The molecule has 11 nitrogen and oxygen atoms in total. The number of rotatable bonds is 9. The molecule has 0 radical (unpaired) electrons. The Morgan fingerprint density at radius 1 is 1.17 bits per heavy atom. The highest BCUT2D eigenvalue weighted by Crippen LogP contribution is 2.32. The predicted octanol–water partition coefficient (Wildman–Crippen LogP) is 2.26. The Kier molecular flexibility index (Phi) is 8.68. The quantitative estimate of drug-likeness (QED) is 0.134. The van der Waals surface area contributed by atoms with Gasteiger partial charge in [0, 0.05) is 58.7 Å². The van der Waals surface area contributed by atoms with Crippen molar-refractivity contribution in [1.82, 2.24) is 15.4 Å². The van der Waals surface area contributed by atoms with Gasteiger partial charge in [0.25, 0.3) is 5.91 Å². The number of methoxy groups -OCH3 is 2. The zero-order chi connectivity index (χ0) is 26.1. The van der Waals surface area contributed by atoms with Crippen LogP contribution in [-0.2, 0) is 11.4 Å². The van der Waals surface area contributed by atoms with E-state index < -0.39 is 18.5 Å². The summed E-state index contributed by atoms with van der Waals surface area (Å²) in [6.07, 6.45) is 8.33. The van der Waals surface area contributed by atoms with E-state index in [2.05, 4.69) is 20.5 Å². The van der Waals surface area contributed by atoms with Gasteiger partial charge in [-0.2, -0.15) is 5.10 Å². The summed E-state index contributed by atoms with van der Waals surface area (Å²) >= 11 is 0. The lowest BCUT2D eigenvalue weighted by molar-refractivity contribution is -0.129. The van der Waals surface area contributed by atoms with Crippen LogP contribution < -0.4 is 25.4 Å². The van der Waals surface area contributed by atoms with E-state index in [0.29, 0.717) is 39.6 Å². The second-order valence-electron chi connectivity index (χ2n) is 7.30. The molecule has 1 amide bonds. The maximum Gasteiger partial charge on any atom is 0.336 e. The Morgan fingerprint density at radius 3 is 2.53 bits per heavy atom. The van der Waals surface area contributed by atoms with Gasteiger partial charge in [-0.15, -0.1) is 0 Å². The van der Waals surface area contributed by atoms with Crippen LogP contribution in [0.3, 0.4) is 0 Å². The molecule has 186 valence electrons. The van der Waals surface area contributed by atoms with Crippen molar-refractivity contribution in [1.29, 1.82) is 0 Å². The van der Waals surface area contributed by atoms with Crippen molar-refractivity contribution in [3.05, 3.63) is 76.9 Å². The zero-order valence-corrected chi connectivity index (χ0v) is 19.9. The number of hydrazone groups is 1. The van der Waals surface area contributed by atoms with E-state index in [1.807, 2.05) is 0 Å². The largest absolute Gasteiger partial charge is 0.493 e. The molecule has 0 atom stereocenters. The van der Waals surface area contributed by atoms with Gasteiger partial charge in [-0.3, -0.25) is 14.8 Å². The fourth-order valence-corrected chi connectivity index (χ4v) is 3.11. The van der Waals surface area contributed by atoms with E-state index in [0.717, 1.165) is 0 Å². The number of esters is 1. The van der Waals surface area contributed by atoms with Gasteiger partial charge < -0.3 is 25.1 Å². The highest BCUT2D eigenvalue weighted by Gasteiger charge is 2.16. The number of nitrogen functional groups attached to an aromatic ring is 1. The van der Waals surface area contributed by atoms with Crippen LogP contribution in [0.25, 0.3) is 6.08 Å². The number of aryl methyl sites for hydroxylation is 1. The minimum absolute atomic E-state index is 0.0818. The number of pyridine rings is 2. The van der Waals surface area contributed by atoms with Gasteiger partial charge in [-0.25, -0.2) is 10.2 Å². The fourth-order valence-electron chi connectivity index (χ4n) is 3.11. The third-order valence-electron chi connectivity index (χ3n) is 5.00. The van der Waals surface area contributed by atoms with Crippen molar-refractivity contribution < 1.29 is 28.9 Å². The molecule has 0 fully saturated rings. The molecule has 4 N–H and O–H groups in total. The zero-order valence-electron chi connectivity index (χ0n) is 19.9. The lowest BCUT2D eigenvalue weighted by Crippen LogP contribution is -2.18. The molecule has 0 saturated heterocycles. The number of amides is 1. The topological polar surface area (TPSA) is 158 Å². The average Bonchev–Trinajstić information content (AvgIpc) is 2.90. The summed E-state index contributed by atoms with van der Waals surface area (Å²) in [7, 11) is 2.98. The molecule has 2 aromatic heterocycles. The SMILES string of the molecule is COc1cc(N)c(/C=C/C(=O)Oc2c(C)ncc(CO)c2/C=N/NC(=O)c2ccncc2)cc1OC. The summed E-state index contributed by atoms with van der Waals surface area (Å²) in [5.74, 6) is -0.197. The van der Waals surface area contributed by atoms with Crippen LogP contribution in [0.4, 0.5) is 5.69 Å². The lowest BCUT2D eigenvalue weighted by atomic mass is 10.1. The number of aromatic nitrogens is 2. The Morgan fingerprint density at radius 2 is 1.86 bits per heavy atom. The number of nitrogens with two attached hydrogens (primary N) is 1. The van der Waals surface area contributed by atoms with Gasteiger partial charge in [-0.05, 0) is 31.2 Å². The minimum atomic E-state index is -0.723. The van der Waals surface area contributed by atoms with Gasteiger partial charge in [0.15, 0.2) is 17.2 Å². The number of ether oxygens (including phenoxy) is 3. The molecule has 0 aliphatic carbocycles. The lowest BCUT2D eigenvalue weighted by Gasteiger charge is -2.12. The summed E-state index contributed by atoms with van der Waals surface area (Å²) < 4.78 is 16.0. The van der Waals surface area contributed by atoms with Crippen molar-refractivity contribution >= 4 is 29.9 Å². The maximum absolute atomic E-state index is 12.6.